The Bertz CT molecular complexity index is 389. The Morgan fingerprint density at radius 3 is 2.50 bits per heavy atom. The van der Waals surface area contributed by atoms with Crippen molar-refractivity contribution in [3.63, 3.8) is 0 Å². The third-order valence-corrected chi connectivity index (χ3v) is 2.42. The second-order valence-electron chi connectivity index (χ2n) is 3.58. The molecule has 1 aliphatic carbocycles. The molecule has 1 aromatic rings. The maximum absolute atomic E-state index is 2.19. The quantitative estimate of drug-likeness (QED) is 0.618. The summed E-state index contributed by atoms with van der Waals surface area (Å²) in [5, 5.41) is 0. The standard InChI is InChI=1S/C14H14/c1-12-8-10-14(11-9-12)13-6-4-2-3-5-7-13/h2-6,8-11H,7H2,1H3. The maximum atomic E-state index is 2.19. The van der Waals surface area contributed by atoms with Gasteiger partial charge in [0.1, 0.15) is 0 Å². The van der Waals surface area contributed by atoms with Crippen LogP contribution in [-0.2, 0) is 0 Å². The number of hydrogen-bond acceptors (Lipinski definition) is 0. The Balaban J connectivity index is 2.31. The molecule has 0 atom stereocenters. The summed E-state index contributed by atoms with van der Waals surface area (Å²) in [5.41, 5.74) is 4.02. The Kier molecular flexibility index (Phi) is 2.64. The zero-order chi connectivity index (χ0) is 9.80. The molecule has 0 spiro atoms. The summed E-state index contributed by atoms with van der Waals surface area (Å²) in [7, 11) is 0. The van der Waals surface area contributed by atoms with E-state index in [-0.39, 0.29) is 0 Å². The number of benzene rings is 1. The first-order valence-corrected chi connectivity index (χ1v) is 4.96. The fraction of sp³-hybridized carbons (Fsp3) is 0.143. The van der Waals surface area contributed by atoms with Crippen molar-refractivity contribution in [1.29, 1.82) is 0 Å². The van der Waals surface area contributed by atoms with E-state index in [1.54, 1.807) is 0 Å². The van der Waals surface area contributed by atoms with Gasteiger partial charge in [0.05, 0.1) is 0 Å². The van der Waals surface area contributed by atoms with E-state index in [0.29, 0.717) is 0 Å². The van der Waals surface area contributed by atoms with Crippen LogP contribution in [-0.4, -0.2) is 0 Å². The normalized spacial score (nSPS) is 15.1. The second-order valence-corrected chi connectivity index (χ2v) is 3.58. The Morgan fingerprint density at radius 2 is 1.71 bits per heavy atom. The molecule has 0 N–H and O–H groups in total. The number of allylic oxidation sites excluding steroid dienone is 6. The molecule has 0 unspecified atom stereocenters. The van der Waals surface area contributed by atoms with Gasteiger partial charge >= 0.3 is 0 Å². The summed E-state index contributed by atoms with van der Waals surface area (Å²) >= 11 is 0. The molecular formula is C14H14. The third-order valence-electron chi connectivity index (χ3n) is 2.42. The van der Waals surface area contributed by atoms with Crippen LogP contribution >= 0.6 is 0 Å². The van der Waals surface area contributed by atoms with Gasteiger partial charge in [0.2, 0.25) is 0 Å². The third kappa shape index (κ3) is 2.02. The van der Waals surface area contributed by atoms with Gasteiger partial charge in [0, 0.05) is 0 Å². The van der Waals surface area contributed by atoms with Crippen LogP contribution in [0.4, 0.5) is 0 Å². The summed E-state index contributed by atoms with van der Waals surface area (Å²) in [6.45, 7) is 2.12. The van der Waals surface area contributed by atoms with Crippen molar-refractivity contribution in [2.24, 2.45) is 0 Å². The lowest BCUT2D eigenvalue weighted by molar-refractivity contribution is 1.38. The van der Waals surface area contributed by atoms with Crippen molar-refractivity contribution in [2.45, 2.75) is 13.3 Å². The van der Waals surface area contributed by atoms with Gasteiger partial charge in [-0.15, -0.1) is 0 Å². The predicted molar refractivity (Wildman–Crippen MR) is 62.1 cm³/mol. The molecule has 0 radical (unpaired) electrons. The van der Waals surface area contributed by atoms with Crippen molar-refractivity contribution in [3.05, 3.63) is 65.8 Å². The van der Waals surface area contributed by atoms with Crippen LogP contribution < -0.4 is 0 Å². The molecule has 0 heteroatoms. The number of aryl methyl sites for hydroxylation is 1. The molecule has 0 amide bonds. The minimum atomic E-state index is 1.02. The zero-order valence-electron chi connectivity index (χ0n) is 8.40. The van der Waals surface area contributed by atoms with E-state index < -0.39 is 0 Å². The van der Waals surface area contributed by atoms with Crippen molar-refractivity contribution in [2.75, 3.05) is 0 Å². The van der Waals surface area contributed by atoms with E-state index in [1.165, 1.54) is 16.7 Å². The lowest BCUT2D eigenvalue weighted by Crippen LogP contribution is -1.82. The van der Waals surface area contributed by atoms with Gasteiger partial charge in [-0.3, -0.25) is 0 Å². The SMILES string of the molecule is Cc1ccc(C2=CC=CC=CC2)cc1. The highest BCUT2D eigenvalue weighted by Gasteiger charge is 1.99. The highest BCUT2D eigenvalue weighted by Crippen LogP contribution is 2.20. The average Bonchev–Trinajstić information content (AvgIpc) is 2.47. The molecule has 0 bridgehead atoms. The molecule has 0 fully saturated rings. The molecule has 0 nitrogen and oxygen atoms in total. The summed E-state index contributed by atoms with van der Waals surface area (Å²) in [4.78, 5) is 0. The van der Waals surface area contributed by atoms with Gasteiger partial charge in [0.15, 0.2) is 0 Å². The molecule has 0 saturated heterocycles. The number of rotatable bonds is 1. The monoisotopic (exact) mass is 182 g/mol. The van der Waals surface area contributed by atoms with Gasteiger partial charge in [-0.25, -0.2) is 0 Å². The van der Waals surface area contributed by atoms with Gasteiger partial charge in [-0.1, -0.05) is 60.2 Å². The Hall–Kier alpha value is -1.56. The first kappa shape index (κ1) is 9.01. The Morgan fingerprint density at radius 1 is 0.929 bits per heavy atom. The fourth-order valence-corrected chi connectivity index (χ4v) is 1.56. The lowest BCUT2D eigenvalue weighted by atomic mass is 10.0. The van der Waals surface area contributed by atoms with Crippen LogP contribution in [0.25, 0.3) is 5.57 Å². The Labute approximate surface area is 85.3 Å². The molecule has 2 rings (SSSR count). The predicted octanol–water partition coefficient (Wildman–Crippen LogP) is 3.89. The summed E-state index contributed by atoms with van der Waals surface area (Å²) in [6, 6.07) is 8.70. The second kappa shape index (κ2) is 4.10. The molecule has 1 aliphatic rings. The first-order chi connectivity index (χ1) is 6.86. The highest BCUT2D eigenvalue weighted by atomic mass is 14.0. The van der Waals surface area contributed by atoms with Crippen LogP contribution in [0.3, 0.4) is 0 Å². The first-order valence-electron chi connectivity index (χ1n) is 4.96. The van der Waals surface area contributed by atoms with Crippen LogP contribution in [0.5, 0.6) is 0 Å². The van der Waals surface area contributed by atoms with E-state index in [1.807, 2.05) is 0 Å². The maximum Gasteiger partial charge on any atom is -0.00884 e. The minimum Gasteiger partial charge on any atom is -0.0801 e. The average molecular weight is 182 g/mol. The van der Waals surface area contributed by atoms with E-state index >= 15 is 0 Å². The molecule has 0 aromatic heterocycles. The summed E-state index contributed by atoms with van der Waals surface area (Å²) in [6.07, 6.45) is 11.7. The molecule has 70 valence electrons. The molecular weight excluding hydrogens is 168 g/mol. The van der Waals surface area contributed by atoms with Crippen molar-refractivity contribution in [3.8, 4) is 0 Å². The molecule has 1 aromatic carbocycles. The van der Waals surface area contributed by atoms with E-state index in [4.69, 9.17) is 0 Å². The lowest BCUT2D eigenvalue weighted by Gasteiger charge is -2.04. The van der Waals surface area contributed by atoms with Gasteiger partial charge in [-0.05, 0) is 24.5 Å². The van der Waals surface area contributed by atoms with Crippen LogP contribution in [0.1, 0.15) is 17.5 Å². The zero-order valence-corrected chi connectivity index (χ0v) is 8.40. The molecule has 0 aliphatic heterocycles. The van der Waals surface area contributed by atoms with Crippen molar-refractivity contribution < 1.29 is 0 Å². The largest absolute Gasteiger partial charge is 0.0801 e. The minimum absolute atomic E-state index is 1.02. The van der Waals surface area contributed by atoms with Crippen molar-refractivity contribution in [1.82, 2.24) is 0 Å². The van der Waals surface area contributed by atoms with Crippen molar-refractivity contribution >= 4 is 5.57 Å². The topological polar surface area (TPSA) is 0 Å². The van der Waals surface area contributed by atoms with E-state index in [0.717, 1.165) is 6.42 Å². The molecule has 14 heavy (non-hydrogen) atoms. The van der Waals surface area contributed by atoms with E-state index in [9.17, 15) is 0 Å². The van der Waals surface area contributed by atoms with E-state index in [2.05, 4.69) is 61.6 Å². The van der Waals surface area contributed by atoms with Crippen LogP contribution in [0, 0.1) is 6.92 Å². The smallest absolute Gasteiger partial charge is 0.00884 e. The fourth-order valence-electron chi connectivity index (χ4n) is 1.56. The van der Waals surface area contributed by atoms with Crippen LogP contribution in [0.2, 0.25) is 0 Å². The molecule has 0 heterocycles. The highest BCUT2D eigenvalue weighted by molar-refractivity contribution is 5.69. The van der Waals surface area contributed by atoms with Crippen LogP contribution in [0.15, 0.2) is 54.6 Å². The van der Waals surface area contributed by atoms with Gasteiger partial charge < -0.3 is 0 Å². The van der Waals surface area contributed by atoms with Gasteiger partial charge in [-0.2, -0.15) is 0 Å². The number of hydrogen-bond donors (Lipinski definition) is 0. The molecule has 0 saturated carbocycles. The summed E-state index contributed by atoms with van der Waals surface area (Å²) < 4.78 is 0. The van der Waals surface area contributed by atoms with Gasteiger partial charge in [0.25, 0.3) is 0 Å². The summed E-state index contributed by atoms with van der Waals surface area (Å²) in [5.74, 6) is 0.